The lowest BCUT2D eigenvalue weighted by Gasteiger charge is -1.87. The van der Waals surface area contributed by atoms with Gasteiger partial charge in [0.05, 0.1) is 6.33 Å². The molecule has 0 spiro atoms. The second kappa shape index (κ2) is 11.9. The number of halogens is 1. The highest BCUT2D eigenvalue weighted by molar-refractivity contribution is 8.93. The third kappa shape index (κ3) is 13.5. The molecule has 0 atom stereocenters. The predicted octanol–water partition coefficient (Wildman–Crippen LogP) is 2.41. The number of rotatable bonds is 4. The van der Waals surface area contributed by atoms with Gasteiger partial charge in [-0.3, -0.25) is 4.79 Å². The van der Waals surface area contributed by atoms with Crippen molar-refractivity contribution in [1.29, 1.82) is 0 Å². The van der Waals surface area contributed by atoms with Gasteiger partial charge in [0.2, 0.25) is 0 Å². The lowest BCUT2D eigenvalue weighted by Crippen LogP contribution is -1.92. The number of hydrogen-bond donors (Lipinski definition) is 2. The first-order valence-corrected chi connectivity index (χ1v) is 4.02. The Morgan fingerprint density at radius 1 is 1.64 bits per heavy atom. The van der Waals surface area contributed by atoms with Crippen molar-refractivity contribution in [1.82, 2.24) is 9.97 Å². The molecule has 2 N–H and O–H groups in total. The van der Waals surface area contributed by atoms with Gasteiger partial charge in [-0.2, -0.15) is 0 Å². The minimum Gasteiger partial charge on any atom is -0.481 e. The molecule has 1 aromatic heterocycles. The molecule has 0 saturated heterocycles. The number of aromatic amines is 1. The average molecular weight is 263 g/mol. The van der Waals surface area contributed by atoms with Gasteiger partial charge < -0.3 is 10.1 Å². The van der Waals surface area contributed by atoms with Crippen molar-refractivity contribution >= 4 is 23.0 Å². The van der Waals surface area contributed by atoms with Crippen molar-refractivity contribution in [3.8, 4) is 0 Å². The van der Waals surface area contributed by atoms with Crippen LogP contribution in [0, 0.1) is 0 Å². The van der Waals surface area contributed by atoms with Gasteiger partial charge >= 0.3 is 5.97 Å². The third-order valence-corrected chi connectivity index (χ3v) is 1.20. The topological polar surface area (TPSA) is 66.0 Å². The highest BCUT2D eigenvalue weighted by atomic mass is 79.9. The highest BCUT2D eigenvalue weighted by Gasteiger charge is 1.91. The third-order valence-electron chi connectivity index (χ3n) is 1.20. The molecule has 1 aromatic rings. The highest BCUT2D eigenvalue weighted by Crippen LogP contribution is 1.93. The molecule has 0 unspecified atom stereocenters. The van der Waals surface area contributed by atoms with Gasteiger partial charge in [0, 0.05) is 18.8 Å². The number of H-pyrrole nitrogens is 1. The molecular formula is C9H15BrN2O2. The molecule has 0 amide bonds. The number of nitrogens with zero attached hydrogens (tertiary/aromatic N) is 1. The zero-order valence-corrected chi connectivity index (χ0v) is 9.56. The minimum atomic E-state index is -0.730. The number of nitrogens with one attached hydrogen (secondary N) is 1. The monoisotopic (exact) mass is 262 g/mol. The fraction of sp³-hybridized carbons (Fsp3) is 0.333. The van der Waals surface area contributed by atoms with Crippen LogP contribution in [-0.4, -0.2) is 21.0 Å². The lowest BCUT2D eigenvalue weighted by molar-refractivity contribution is -0.137. The molecule has 0 fully saturated rings. The molecule has 0 saturated carbocycles. The normalized spacial score (nSPS) is 7.71. The Balaban J connectivity index is 0. The van der Waals surface area contributed by atoms with E-state index in [9.17, 15) is 4.79 Å². The van der Waals surface area contributed by atoms with Crippen molar-refractivity contribution in [2.75, 3.05) is 0 Å². The SMILES string of the molecule is Br.C=CCCCC(=O)O.c1c[nH]cn1. The molecule has 0 aliphatic heterocycles. The van der Waals surface area contributed by atoms with Gasteiger partial charge in [-0.15, -0.1) is 23.6 Å². The van der Waals surface area contributed by atoms with Gasteiger partial charge in [0.1, 0.15) is 0 Å². The molecular weight excluding hydrogens is 248 g/mol. The van der Waals surface area contributed by atoms with Crippen LogP contribution >= 0.6 is 17.0 Å². The Morgan fingerprint density at radius 3 is 2.64 bits per heavy atom. The Morgan fingerprint density at radius 2 is 2.36 bits per heavy atom. The number of unbranched alkanes of at least 4 members (excludes halogenated alkanes) is 1. The Labute approximate surface area is 93.8 Å². The van der Waals surface area contributed by atoms with Crippen molar-refractivity contribution < 1.29 is 9.90 Å². The van der Waals surface area contributed by atoms with E-state index in [0.29, 0.717) is 6.42 Å². The molecule has 0 aliphatic rings. The molecule has 14 heavy (non-hydrogen) atoms. The zero-order chi connectivity index (χ0) is 9.94. The van der Waals surface area contributed by atoms with E-state index < -0.39 is 5.97 Å². The maximum absolute atomic E-state index is 9.84. The van der Waals surface area contributed by atoms with E-state index in [0.717, 1.165) is 6.42 Å². The van der Waals surface area contributed by atoms with Gasteiger partial charge in [0.15, 0.2) is 0 Å². The molecule has 4 nitrogen and oxygen atoms in total. The van der Waals surface area contributed by atoms with Crippen LogP contribution in [0.4, 0.5) is 0 Å². The van der Waals surface area contributed by atoms with Crippen LogP contribution in [0.15, 0.2) is 31.4 Å². The Hall–Kier alpha value is -1.10. The van der Waals surface area contributed by atoms with E-state index in [1.54, 1.807) is 24.8 Å². The Bertz CT molecular complexity index is 208. The summed E-state index contributed by atoms with van der Waals surface area (Å²) in [5.41, 5.74) is 0. The smallest absolute Gasteiger partial charge is 0.303 e. The van der Waals surface area contributed by atoms with Crippen molar-refractivity contribution in [3.63, 3.8) is 0 Å². The van der Waals surface area contributed by atoms with Gasteiger partial charge in [-0.25, -0.2) is 4.98 Å². The molecule has 0 aromatic carbocycles. The number of carboxylic acid groups (broad SMARTS) is 1. The quantitative estimate of drug-likeness (QED) is 0.647. The van der Waals surface area contributed by atoms with E-state index in [1.807, 2.05) is 0 Å². The first kappa shape index (κ1) is 15.4. The molecule has 5 heteroatoms. The lowest BCUT2D eigenvalue weighted by atomic mass is 10.2. The number of carboxylic acids is 1. The van der Waals surface area contributed by atoms with Crippen LogP contribution in [-0.2, 0) is 4.79 Å². The number of hydrogen-bond acceptors (Lipinski definition) is 2. The number of imidazole rings is 1. The summed E-state index contributed by atoms with van der Waals surface area (Å²) in [5, 5.41) is 8.11. The second-order valence-corrected chi connectivity index (χ2v) is 2.34. The second-order valence-electron chi connectivity index (χ2n) is 2.34. The molecule has 0 aliphatic carbocycles. The van der Waals surface area contributed by atoms with Gasteiger partial charge in [0.25, 0.3) is 0 Å². The summed E-state index contributed by atoms with van der Waals surface area (Å²) in [6.07, 6.45) is 8.57. The average Bonchev–Trinajstić information content (AvgIpc) is 2.61. The largest absolute Gasteiger partial charge is 0.481 e. The van der Waals surface area contributed by atoms with Crippen molar-refractivity contribution in [2.45, 2.75) is 19.3 Å². The van der Waals surface area contributed by atoms with Crippen LogP contribution < -0.4 is 0 Å². The Kier molecular flexibility index (Phi) is 13.1. The van der Waals surface area contributed by atoms with Gasteiger partial charge in [-0.05, 0) is 12.8 Å². The summed E-state index contributed by atoms with van der Waals surface area (Å²) in [7, 11) is 0. The van der Waals surface area contributed by atoms with Crippen LogP contribution in [0.5, 0.6) is 0 Å². The standard InChI is InChI=1S/C6H10O2.C3H4N2.BrH/c1-2-3-4-5-6(7)8;1-2-5-3-4-1;/h2H,1,3-5H2,(H,7,8);1-3H,(H,4,5);1H. The van der Waals surface area contributed by atoms with Crippen LogP contribution in [0.3, 0.4) is 0 Å². The first-order chi connectivity index (χ1) is 6.27. The number of aromatic nitrogens is 2. The van der Waals surface area contributed by atoms with Gasteiger partial charge in [-0.1, -0.05) is 6.08 Å². The van der Waals surface area contributed by atoms with Crippen molar-refractivity contribution in [2.24, 2.45) is 0 Å². The van der Waals surface area contributed by atoms with Crippen LogP contribution in [0.1, 0.15) is 19.3 Å². The summed E-state index contributed by atoms with van der Waals surface area (Å²) < 4.78 is 0. The predicted molar refractivity (Wildman–Crippen MR) is 60.6 cm³/mol. The van der Waals surface area contributed by atoms with E-state index >= 15 is 0 Å². The summed E-state index contributed by atoms with van der Waals surface area (Å²) in [4.78, 5) is 16.3. The fourth-order valence-electron chi connectivity index (χ4n) is 0.613. The summed E-state index contributed by atoms with van der Waals surface area (Å²) in [6.45, 7) is 3.46. The minimum absolute atomic E-state index is 0. The molecule has 0 radical (unpaired) electrons. The molecule has 1 heterocycles. The van der Waals surface area contributed by atoms with Crippen LogP contribution in [0.25, 0.3) is 0 Å². The van der Waals surface area contributed by atoms with E-state index in [-0.39, 0.29) is 23.4 Å². The van der Waals surface area contributed by atoms with E-state index in [4.69, 9.17) is 5.11 Å². The number of aliphatic carboxylic acids is 1. The molecule has 0 bridgehead atoms. The number of allylic oxidation sites excluding steroid dienone is 1. The molecule has 1 rings (SSSR count). The molecule has 80 valence electrons. The van der Waals surface area contributed by atoms with E-state index in [1.165, 1.54) is 0 Å². The first-order valence-electron chi connectivity index (χ1n) is 4.02. The van der Waals surface area contributed by atoms with Crippen LogP contribution in [0.2, 0.25) is 0 Å². The fourth-order valence-corrected chi connectivity index (χ4v) is 0.613. The summed E-state index contributed by atoms with van der Waals surface area (Å²) >= 11 is 0. The number of carbonyl (C=O) groups is 1. The maximum Gasteiger partial charge on any atom is 0.303 e. The summed E-state index contributed by atoms with van der Waals surface area (Å²) in [5.74, 6) is -0.730. The summed E-state index contributed by atoms with van der Waals surface area (Å²) in [6, 6.07) is 0. The van der Waals surface area contributed by atoms with E-state index in [2.05, 4.69) is 16.5 Å². The zero-order valence-electron chi connectivity index (χ0n) is 7.85. The van der Waals surface area contributed by atoms with Crippen molar-refractivity contribution in [3.05, 3.63) is 31.4 Å². The maximum atomic E-state index is 9.84.